The summed E-state index contributed by atoms with van der Waals surface area (Å²) in [6, 6.07) is 0. The van der Waals surface area contributed by atoms with E-state index < -0.39 is 5.60 Å². The van der Waals surface area contributed by atoms with Crippen molar-refractivity contribution in [3.05, 3.63) is 0 Å². The lowest BCUT2D eigenvalue weighted by atomic mass is 10.1. The Labute approximate surface area is 176 Å². The Morgan fingerprint density at radius 1 is 1.23 bits per heavy atom. The van der Waals surface area contributed by atoms with Crippen molar-refractivity contribution < 1.29 is 9.53 Å². The summed E-state index contributed by atoms with van der Waals surface area (Å²) in [6.45, 7) is 13.7. The summed E-state index contributed by atoms with van der Waals surface area (Å²) < 4.78 is 5.20. The summed E-state index contributed by atoms with van der Waals surface area (Å²) in [7, 11) is 1.78. The van der Waals surface area contributed by atoms with E-state index in [4.69, 9.17) is 4.74 Å². The number of likely N-dealkylation sites (tertiary alicyclic amines) is 1. The van der Waals surface area contributed by atoms with E-state index in [1.54, 1.807) is 7.05 Å². The number of hydrogen-bond donors (Lipinski definition) is 3. The third-order valence-electron chi connectivity index (χ3n) is 4.01. The van der Waals surface area contributed by atoms with Gasteiger partial charge in [-0.3, -0.25) is 4.99 Å². The highest BCUT2D eigenvalue weighted by atomic mass is 127. The molecule has 1 fully saturated rings. The van der Waals surface area contributed by atoms with Crippen molar-refractivity contribution in [1.29, 1.82) is 0 Å². The number of carbonyl (C=O) groups is 1. The van der Waals surface area contributed by atoms with Crippen LogP contribution in [0.1, 0.15) is 47.0 Å². The van der Waals surface area contributed by atoms with E-state index in [2.05, 4.69) is 32.8 Å². The van der Waals surface area contributed by atoms with Crippen molar-refractivity contribution >= 4 is 36.0 Å². The second-order valence-corrected chi connectivity index (χ2v) is 7.62. The van der Waals surface area contributed by atoms with E-state index >= 15 is 0 Å². The molecule has 1 rings (SSSR count). The molecule has 0 aromatic heterocycles. The quantitative estimate of drug-likeness (QED) is 0.214. The van der Waals surface area contributed by atoms with Gasteiger partial charge in [0.1, 0.15) is 5.60 Å². The van der Waals surface area contributed by atoms with Gasteiger partial charge in [0.2, 0.25) is 0 Å². The van der Waals surface area contributed by atoms with Crippen molar-refractivity contribution in [1.82, 2.24) is 20.9 Å². The van der Waals surface area contributed by atoms with E-state index in [1.807, 2.05) is 20.8 Å². The first-order valence-corrected chi connectivity index (χ1v) is 9.47. The maximum atomic E-state index is 11.5. The molecule has 0 radical (unpaired) electrons. The number of halogens is 1. The van der Waals surface area contributed by atoms with E-state index in [0.29, 0.717) is 12.5 Å². The van der Waals surface area contributed by atoms with E-state index in [9.17, 15) is 4.79 Å². The van der Waals surface area contributed by atoms with Gasteiger partial charge in [0, 0.05) is 33.2 Å². The Balaban J connectivity index is 0.00000625. The molecule has 0 aromatic carbocycles. The van der Waals surface area contributed by atoms with Crippen LogP contribution in [0.5, 0.6) is 0 Å². The Hall–Kier alpha value is -0.770. The Bertz CT molecular complexity index is 426. The van der Waals surface area contributed by atoms with Crippen LogP contribution >= 0.6 is 24.0 Å². The molecule has 0 bridgehead atoms. The van der Waals surface area contributed by atoms with Crippen LogP contribution in [-0.2, 0) is 4.74 Å². The maximum absolute atomic E-state index is 11.5. The average Bonchev–Trinajstić information content (AvgIpc) is 2.96. The maximum Gasteiger partial charge on any atom is 0.407 e. The highest BCUT2D eigenvalue weighted by molar-refractivity contribution is 14.0. The van der Waals surface area contributed by atoms with Crippen molar-refractivity contribution in [3.8, 4) is 0 Å². The van der Waals surface area contributed by atoms with Gasteiger partial charge < -0.3 is 25.6 Å². The van der Waals surface area contributed by atoms with Crippen molar-refractivity contribution in [2.45, 2.75) is 52.6 Å². The molecular weight excluding hydrogens is 445 g/mol. The number of nitrogens with zero attached hydrogens (tertiary/aromatic N) is 2. The molecule has 1 atom stereocenters. The van der Waals surface area contributed by atoms with Crippen LogP contribution in [0.25, 0.3) is 0 Å². The molecule has 1 aliphatic heterocycles. The molecule has 0 spiro atoms. The number of carbonyl (C=O) groups excluding carboxylic acids is 1. The van der Waals surface area contributed by atoms with Crippen molar-refractivity contribution in [2.75, 3.05) is 46.3 Å². The fraction of sp³-hybridized carbons (Fsp3) is 0.889. The zero-order chi connectivity index (χ0) is 18.7. The number of aliphatic imine (C=N–C) groups is 1. The van der Waals surface area contributed by atoms with Crippen LogP contribution in [0.4, 0.5) is 4.79 Å². The third kappa shape index (κ3) is 11.8. The molecule has 1 heterocycles. The van der Waals surface area contributed by atoms with Crippen LogP contribution in [-0.4, -0.2) is 68.9 Å². The molecule has 154 valence electrons. The molecule has 1 saturated heterocycles. The lowest BCUT2D eigenvalue weighted by molar-refractivity contribution is 0.0527. The zero-order valence-electron chi connectivity index (χ0n) is 17.1. The highest BCUT2D eigenvalue weighted by Crippen LogP contribution is 2.15. The van der Waals surface area contributed by atoms with E-state index in [1.165, 1.54) is 32.5 Å². The predicted molar refractivity (Wildman–Crippen MR) is 118 cm³/mol. The molecule has 26 heavy (non-hydrogen) atoms. The molecule has 7 nitrogen and oxygen atoms in total. The molecule has 0 aliphatic carbocycles. The lowest BCUT2D eigenvalue weighted by Crippen LogP contribution is -2.41. The molecular formula is C18H38IN5O2. The number of alkyl carbamates (subject to hydrolysis) is 1. The molecule has 0 saturated carbocycles. The second kappa shape index (κ2) is 13.4. The molecule has 3 N–H and O–H groups in total. The number of nitrogens with one attached hydrogen (secondary N) is 3. The summed E-state index contributed by atoms with van der Waals surface area (Å²) >= 11 is 0. The van der Waals surface area contributed by atoms with Crippen molar-refractivity contribution in [3.63, 3.8) is 0 Å². The Morgan fingerprint density at radius 2 is 1.92 bits per heavy atom. The number of amides is 1. The Morgan fingerprint density at radius 3 is 2.54 bits per heavy atom. The number of ether oxygens (including phenoxy) is 1. The first-order chi connectivity index (χ1) is 11.8. The summed E-state index contributed by atoms with van der Waals surface area (Å²) in [4.78, 5) is 18.3. The smallest absolute Gasteiger partial charge is 0.407 e. The number of guanidine groups is 1. The van der Waals surface area contributed by atoms with Crippen LogP contribution in [0, 0.1) is 5.92 Å². The molecule has 1 unspecified atom stereocenters. The van der Waals surface area contributed by atoms with Gasteiger partial charge in [-0.05, 0) is 59.0 Å². The van der Waals surface area contributed by atoms with Gasteiger partial charge in [-0.2, -0.15) is 0 Å². The summed E-state index contributed by atoms with van der Waals surface area (Å²) in [5.41, 5.74) is -0.457. The van der Waals surface area contributed by atoms with Gasteiger partial charge in [-0.25, -0.2) is 4.79 Å². The van der Waals surface area contributed by atoms with Gasteiger partial charge in [0.05, 0.1) is 0 Å². The van der Waals surface area contributed by atoms with Crippen LogP contribution in [0.2, 0.25) is 0 Å². The minimum Gasteiger partial charge on any atom is -0.444 e. The molecule has 1 aliphatic rings. The summed E-state index contributed by atoms with van der Waals surface area (Å²) in [5.74, 6) is 1.52. The van der Waals surface area contributed by atoms with Crippen LogP contribution in [0.15, 0.2) is 4.99 Å². The van der Waals surface area contributed by atoms with E-state index in [-0.39, 0.29) is 30.1 Å². The van der Waals surface area contributed by atoms with Gasteiger partial charge in [0.15, 0.2) is 5.96 Å². The fourth-order valence-corrected chi connectivity index (χ4v) is 2.86. The SMILES string of the molecule is CCCN1CCC(CNC(=NC)NCCCNC(=O)OC(C)(C)C)C1.I. The highest BCUT2D eigenvalue weighted by Gasteiger charge is 2.21. The van der Waals surface area contributed by atoms with E-state index in [0.717, 1.165) is 25.5 Å². The minimum absolute atomic E-state index is 0. The monoisotopic (exact) mass is 483 g/mol. The first-order valence-electron chi connectivity index (χ1n) is 9.47. The number of hydrogen-bond acceptors (Lipinski definition) is 4. The second-order valence-electron chi connectivity index (χ2n) is 7.62. The number of rotatable bonds is 8. The zero-order valence-corrected chi connectivity index (χ0v) is 19.4. The first kappa shape index (κ1) is 25.2. The van der Waals surface area contributed by atoms with Crippen molar-refractivity contribution in [2.24, 2.45) is 10.9 Å². The standard InChI is InChI=1S/C18H37N5O2.HI/c1-6-11-23-12-8-15(14-23)13-22-16(19-5)20-9-7-10-21-17(24)25-18(2,3)4;/h15H,6-14H2,1-5H3,(H,21,24)(H2,19,20,22);1H. The normalized spacial score (nSPS) is 18.2. The topological polar surface area (TPSA) is 78.0 Å². The van der Waals surface area contributed by atoms with Gasteiger partial charge in [-0.1, -0.05) is 6.92 Å². The van der Waals surface area contributed by atoms with Gasteiger partial charge >= 0.3 is 6.09 Å². The minimum atomic E-state index is -0.457. The van der Waals surface area contributed by atoms with Crippen LogP contribution < -0.4 is 16.0 Å². The third-order valence-corrected chi connectivity index (χ3v) is 4.01. The predicted octanol–water partition coefficient (Wildman–Crippen LogP) is 2.42. The van der Waals surface area contributed by atoms with Gasteiger partial charge in [0.25, 0.3) is 0 Å². The fourth-order valence-electron chi connectivity index (χ4n) is 2.86. The Kier molecular flexibility index (Phi) is 13.0. The molecule has 1 amide bonds. The van der Waals surface area contributed by atoms with Crippen LogP contribution in [0.3, 0.4) is 0 Å². The lowest BCUT2D eigenvalue weighted by Gasteiger charge is -2.19. The largest absolute Gasteiger partial charge is 0.444 e. The van der Waals surface area contributed by atoms with Gasteiger partial charge in [-0.15, -0.1) is 24.0 Å². The average molecular weight is 483 g/mol. The summed E-state index contributed by atoms with van der Waals surface area (Å²) in [5, 5.41) is 9.45. The molecule has 8 heteroatoms. The summed E-state index contributed by atoms with van der Waals surface area (Å²) in [6.07, 6.45) is 2.92. The molecule has 0 aromatic rings.